The molecule has 0 spiro atoms. The van der Waals surface area contributed by atoms with E-state index >= 15 is 0 Å². The van der Waals surface area contributed by atoms with Crippen LogP contribution in [0.1, 0.15) is 18.9 Å². The van der Waals surface area contributed by atoms with Crippen LogP contribution in [0.3, 0.4) is 0 Å². The number of aliphatic carboxylic acids is 1. The molecular weight excluding hydrogens is 303 g/mol. The van der Waals surface area contributed by atoms with Gasteiger partial charge in [0.05, 0.1) is 5.92 Å². The van der Waals surface area contributed by atoms with Crippen LogP contribution in [0, 0.1) is 5.92 Å². The maximum absolute atomic E-state index is 12.8. The van der Waals surface area contributed by atoms with E-state index in [1.165, 1.54) is 6.92 Å². The number of carboxylic acids is 1. The number of halogens is 3. The van der Waals surface area contributed by atoms with E-state index in [4.69, 9.17) is 9.84 Å². The molecule has 122 valence electrons. The van der Waals surface area contributed by atoms with Crippen LogP contribution < -0.4 is 5.32 Å². The second-order valence-corrected chi connectivity index (χ2v) is 4.58. The molecule has 0 fully saturated rings. The molecule has 1 amide bonds. The molecule has 0 heterocycles. The highest BCUT2D eigenvalue weighted by atomic mass is 19.4. The molecule has 0 saturated heterocycles. The first-order valence-corrected chi connectivity index (χ1v) is 6.52. The highest BCUT2D eigenvalue weighted by Crippen LogP contribution is 2.31. The normalized spacial score (nSPS) is 14.0. The number of carbonyl (C=O) groups excluding carboxylic acids is 1. The number of hydrogen-bond donors (Lipinski definition) is 2. The van der Waals surface area contributed by atoms with Crippen LogP contribution in [0.4, 0.5) is 18.0 Å². The number of hydrogen-bond acceptors (Lipinski definition) is 3. The number of ether oxygens (including phenoxy) is 1. The van der Waals surface area contributed by atoms with Gasteiger partial charge in [-0.1, -0.05) is 37.3 Å². The van der Waals surface area contributed by atoms with Crippen molar-refractivity contribution in [2.45, 2.75) is 32.2 Å². The maximum atomic E-state index is 12.8. The Hall–Kier alpha value is -2.25. The zero-order chi connectivity index (χ0) is 16.8. The van der Waals surface area contributed by atoms with E-state index in [-0.39, 0.29) is 6.61 Å². The number of carbonyl (C=O) groups is 2. The van der Waals surface area contributed by atoms with Gasteiger partial charge >= 0.3 is 18.2 Å². The molecule has 1 rings (SSSR count). The third-order valence-electron chi connectivity index (χ3n) is 3.01. The highest BCUT2D eigenvalue weighted by molar-refractivity contribution is 5.80. The average molecular weight is 319 g/mol. The van der Waals surface area contributed by atoms with Crippen molar-refractivity contribution >= 4 is 12.1 Å². The number of alkyl carbamates (subject to hydrolysis) is 1. The number of rotatable bonds is 6. The molecule has 8 heteroatoms. The first kappa shape index (κ1) is 17.8. The fourth-order valence-electron chi connectivity index (χ4n) is 1.88. The second-order valence-electron chi connectivity index (χ2n) is 4.58. The Bertz CT molecular complexity index is 505. The lowest BCUT2D eigenvalue weighted by Gasteiger charge is -2.25. The van der Waals surface area contributed by atoms with Crippen LogP contribution in [0.15, 0.2) is 30.3 Å². The summed E-state index contributed by atoms with van der Waals surface area (Å²) in [5.74, 6) is -3.95. The van der Waals surface area contributed by atoms with Gasteiger partial charge in [0.15, 0.2) is 0 Å². The van der Waals surface area contributed by atoms with E-state index in [0.29, 0.717) is 5.56 Å². The molecule has 1 aromatic rings. The van der Waals surface area contributed by atoms with Crippen LogP contribution in [0.5, 0.6) is 0 Å². The van der Waals surface area contributed by atoms with Crippen molar-refractivity contribution in [1.82, 2.24) is 5.32 Å². The van der Waals surface area contributed by atoms with Crippen molar-refractivity contribution in [3.63, 3.8) is 0 Å². The van der Waals surface area contributed by atoms with Crippen LogP contribution in [0.25, 0.3) is 0 Å². The van der Waals surface area contributed by atoms with E-state index in [1.807, 2.05) is 0 Å². The lowest BCUT2D eigenvalue weighted by atomic mass is 9.96. The van der Waals surface area contributed by atoms with Gasteiger partial charge in [0.2, 0.25) is 0 Å². The first-order valence-electron chi connectivity index (χ1n) is 6.52. The SMILES string of the molecule is CC[C@@H]([C@@H](NC(=O)OCc1ccccc1)C(=O)O)C(F)(F)F. The Balaban J connectivity index is 2.66. The Morgan fingerprint density at radius 3 is 2.32 bits per heavy atom. The number of alkyl halides is 3. The minimum absolute atomic E-state index is 0.165. The molecule has 0 aliphatic heterocycles. The van der Waals surface area contributed by atoms with Crippen molar-refractivity contribution in [3.05, 3.63) is 35.9 Å². The second kappa shape index (κ2) is 7.67. The van der Waals surface area contributed by atoms with Crippen molar-refractivity contribution in [2.24, 2.45) is 5.92 Å². The molecule has 0 aliphatic rings. The Kier molecular flexibility index (Phi) is 6.21. The van der Waals surface area contributed by atoms with Crippen molar-refractivity contribution in [3.8, 4) is 0 Å². The summed E-state index contributed by atoms with van der Waals surface area (Å²) in [6, 6.07) is 6.38. The fraction of sp³-hybridized carbons (Fsp3) is 0.429. The summed E-state index contributed by atoms with van der Waals surface area (Å²) in [4.78, 5) is 22.5. The molecule has 0 unspecified atom stereocenters. The van der Waals surface area contributed by atoms with E-state index in [9.17, 15) is 22.8 Å². The van der Waals surface area contributed by atoms with Gasteiger partial charge in [0.25, 0.3) is 0 Å². The summed E-state index contributed by atoms with van der Waals surface area (Å²) in [5.41, 5.74) is 0.632. The van der Waals surface area contributed by atoms with E-state index in [0.717, 1.165) is 0 Å². The summed E-state index contributed by atoms with van der Waals surface area (Å²) in [5, 5.41) is 10.7. The molecule has 0 bridgehead atoms. The lowest BCUT2D eigenvalue weighted by molar-refractivity contribution is -0.189. The summed E-state index contributed by atoms with van der Waals surface area (Å²) in [6.45, 7) is 1.03. The number of nitrogens with one attached hydrogen (secondary N) is 1. The largest absolute Gasteiger partial charge is 0.480 e. The van der Waals surface area contributed by atoms with Gasteiger partial charge in [0, 0.05) is 0 Å². The smallest absolute Gasteiger partial charge is 0.408 e. The van der Waals surface area contributed by atoms with Crippen LogP contribution in [-0.2, 0) is 16.1 Å². The topological polar surface area (TPSA) is 75.6 Å². The minimum Gasteiger partial charge on any atom is -0.480 e. The van der Waals surface area contributed by atoms with Gasteiger partial charge in [-0.05, 0) is 12.0 Å². The molecule has 0 radical (unpaired) electrons. The monoisotopic (exact) mass is 319 g/mol. The standard InChI is InChI=1S/C14H16F3NO4/c1-2-10(14(15,16)17)11(12(19)20)18-13(21)22-8-9-6-4-3-5-7-9/h3-7,10-11H,2,8H2,1H3,(H,18,21)(H,19,20)/t10-,11+/m0/s1. The summed E-state index contributed by atoms with van der Waals surface area (Å²) in [6.07, 6.45) is -6.41. The van der Waals surface area contributed by atoms with Crippen molar-refractivity contribution < 1.29 is 32.6 Å². The minimum atomic E-state index is -4.73. The van der Waals surface area contributed by atoms with Crippen LogP contribution in [0.2, 0.25) is 0 Å². The molecule has 0 saturated carbocycles. The van der Waals surface area contributed by atoms with Crippen LogP contribution in [-0.4, -0.2) is 29.4 Å². The molecule has 2 atom stereocenters. The Labute approximate surface area is 125 Å². The van der Waals surface area contributed by atoms with Gasteiger partial charge < -0.3 is 15.2 Å². The molecule has 0 aliphatic carbocycles. The molecule has 22 heavy (non-hydrogen) atoms. The zero-order valence-electron chi connectivity index (χ0n) is 11.8. The molecule has 2 N–H and O–H groups in total. The number of amides is 1. The Morgan fingerprint density at radius 1 is 1.27 bits per heavy atom. The van der Waals surface area contributed by atoms with Crippen molar-refractivity contribution in [1.29, 1.82) is 0 Å². The van der Waals surface area contributed by atoms with Gasteiger partial charge in [-0.25, -0.2) is 9.59 Å². The summed E-state index contributed by atoms with van der Waals surface area (Å²) in [7, 11) is 0. The predicted molar refractivity (Wildman–Crippen MR) is 71.0 cm³/mol. The Morgan fingerprint density at radius 2 is 1.86 bits per heavy atom. The third kappa shape index (κ3) is 5.27. The van der Waals surface area contributed by atoms with Crippen molar-refractivity contribution in [2.75, 3.05) is 0 Å². The third-order valence-corrected chi connectivity index (χ3v) is 3.01. The van der Waals surface area contributed by atoms with Gasteiger partial charge in [0.1, 0.15) is 12.6 Å². The summed E-state index contributed by atoms with van der Waals surface area (Å²) >= 11 is 0. The van der Waals surface area contributed by atoms with E-state index in [2.05, 4.69) is 0 Å². The van der Waals surface area contributed by atoms with Gasteiger partial charge in [-0.3, -0.25) is 0 Å². The maximum Gasteiger partial charge on any atom is 0.408 e. The highest BCUT2D eigenvalue weighted by Gasteiger charge is 2.47. The quantitative estimate of drug-likeness (QED) is 0.845. The van der Waals surface area contributed by atoms with Gasteiger partial charge in [-0.15, -0.1) is 0 Å². The van der Waals surface area contributed by atoms with Crippen LogP contribution >= 0.6 is 0 Å². The fourth-order valence-corrected chi connectivity index (χ4v) is 1.88. The first-order chi connectivity index (χ1) is 10.3. The van der Waals surface area contributed by atoms with E-state index < -0.39 is 36.6 Å². The average Bonchev–Trinajstić information content (AvgIpc) is 2.44. The molecule has 0 aromatic heterocycles. The number of carboxylic acid groups (broad SMARTS) is 1. The van der Waals surface area contributed by atoms with Gasteiger partial charge in [-0.2, -0.15) is 13.2 Å². The lowest BCUT2D eigenvalue weighted by Crippen LogP contribution is -2.50. The molecule has 5 nitrogen and oxygen atoms in total. The zero-order valence-corrected chi connectivity index (χ0v) is 11.8. The summed E-state index contributed by atoms with van der Waals surface area (Å²) < 4.78 is 43.1. The molecular formula is C14H16F3NO4. The molecule has 1 aromatic carbocycles. The predicted octanol–water partition coefficient (Wildman–Crippen LogP) is 2.95. The van der Waals surface area contributed by atoms with E-state index in [1.54, 1.807) is 35.6 Å². The number of benzene rings is 1.